The van der Waals surface area contributed by atoms with Crippen LogP contribution in [0.2, 0.25) is 0 Å². The quantitative estimate of drug-likeness (QED) is 0.531. The minimum absolute atomic E-state index is 0.105. The molecular weight excluding hydrogens is 380 g/mol. The van der Waals surface area contributed by atoms with Crippen molar-refractivity contribution in [3.63, 3.8) is 0 Å². The van der Waals surface area contributed by atoms with Crippen molar-refractivity contribution in [3.8, 4) is 6.07 Å². The number of nitrogens with one attached hydrogen (secondary N) is 2. The number of aliphatic imine (C=N–C) groups is 2. The van der Waals surface area contributed by atoms with Gasteiger partial charge in [-0.1, -0.05) is 62.4 Å². The summed E-state index contributed by atoms with van der Waals surface area (Å²) in [4.78, 5) is 21.2. The Morgan fingerprint density at radius 3 is 2.60 bits per heavy atom. The molecule has 0 spiro atoms. The molecule has 3 rings (SSSR count). The van der Waals surface area contributed by atoms with Gasteiger partial charge < -0.3 is 15.8 Å². The van der Waals surface area contributed by atoms with Crippen LogP contribution in [0.3, 0.4) is 0 Å². The molecule has 0 saturated carbocycles. The lowest BCUT2D eigenvalue weighted by Crippen LogP contribution is -2.29. The van der Waals surface area contributed by atoms with E-state index in [4.69, 9.17) is 21.1 Å². The van der Waals surface area contributed by atoms with Crippen LogP contribution in [0, 0.1) is 16.7 Å². The average molecular weight is 404 g/mol. The van der Waals surface area contributed by atoms with Crippen LogP contribution in [0.25, 0.3) is 0 Å². The lowest BCUT2D eigenvalue weighted by Gasteiger charge is -2.09. The fourth-order valence-corrected chi connectivity index (χ4v) is 2.65. The lowest BCUT2D eigenvalue weighted by molar-refractivity contribution is -0.117. The van der Waals surface area contributed by atoms with Crippen molar-refractivity contribution < 1.29 is 9.53 Å². The summed E-state index contributed by atoms with van der Waals surface area (Å²) in [6.07, 6.45) is -0.943. The monoisotopic (exact) mass is 404 g/mol. The summed E-state index contributed by atoms with van der Waals surface area (Å²) < 4.78 is 5.07. The van der Waals surface area contributed by atoms with Crippen molar-refractivity contribution in [2.45, 2.75) is 32.9 Å². The Morgan fingerprint density at radius 2 is 1.90 bits per heavy atom. The number of carbonyl (C=O) groups excluding carboxylic acids is 1. The molecule has 1 aliphatic rings. The first-order valence-corrected chi connectivity index (χ1v) is 9.57. The lowest BCUT2D eigenvalue weighted by atomic mass is 10.0. The molecule has 0 aliphatic carbocycles. The predicted molar refractivity (Wildman–Crippen MR) is 118 cm³/mol. The molecule has 8 heteroatoms. The number of fused-ring (bicyclic) bond motifs is 1. The molecule has 0 aromatic heterocycles. The van der Waals surface area contributed by atoms with Crippen LogP contribution >= 0.6 is 0 Å². The third-order valence-electron chi connectivity index (χ3n) is 3.91. The van der Waals surface area contributed by atoms with E-state index in [9.17, 15) is 4.79 Å². The number of nitrogens with two attached hydrogens (primary N) is 1. The van der Waals surface area contributed by atoms with Crippen molar-refractivity contribution in [3.05, 3.63) is 65.7 Å². The number of hydrogen-bond acceptors (Lipinski definition) is 6. The predicted octanol–water partition coefficient (Wildman–Crippen LogP) is 3.44. The Balaban J connectivity index is 0.00000155. The molecule has 2 aromatic carbocycles. The largest absolute Gasteiger partial charge is 0.412 e. The Morgan fingerprint density at radius 1 is 1.23 bits per heavy atom. The number of benzodiazepines with no additional fused rings is 1. The number of nitrogens with zero attached hydrogens (tertiary/aromatic N) is 3. The molecule has 4 N–H and O–H groups in total. The van der Waals surface area contributed by atoms with Gasteiger partial charge in [0, 0.05) is 24.0 Å². The van der Waals surface area contributed by atoms with Gasteiger partial charge in [-0.2, -0.15) is 10.3 Å². The summed E-state index contributed by atoms with van der Waals surface area (Å²) in [6.45, 7) is 4.00. The molecule has 0 saturated heterocycles. The molecule has 8 nitrogen and oxygen atoms in total. The van der Waals surface area contributed by atoms with Gasteiger partial charge in [-0.05, 0) is 6.07 Å². The molecule has 1 heterocycles. The van der Waals surface area contributed by atoms with Crippen LogP contribution in [-0.4, -0.2) is 29.7 Å². The van der Waals surface area contributed by atoms with Crippen molar-refractivity contribution in [2.24, 2.45) is 15.7 Å². The van der Waals surface area contributed by atoms with E-state index < -0.39 is 12.1 Å². The molecule has 1 amide bonds. The zero-order valence-electron chi connectivity index (χ0n) is 16.9. The zero-order chi connectivity index (χ0) is 21.9. The second kappa shape index (κ2) is 11.1. The van der Waals surface area contributed by atoms with E-state index in [0.717, 1.165) is 11.1 Å². The van der Waals surface area contributed by atoms with Gasteiger partial charge in [0.2, 0.25) is 6.17 Å². The van der Waals surface area contributed by atoms with E-state index in [0.29, 0.717) is 11.4 Å². The average Bonchev–Trinajstić information content (AvgIpc) is 2.90. The molecule has 2 aromatic rings. The summed E-state index contributed by atoms with van der Waals surface area (Å²) in [5.74, 6) is -0.666. The molecule has 30 heavy (non-hydrogen) atoms. The maximum absolute atomic E-state index is 12.6. The number of ether oxygens (including phenoxy) is 1. The van der Waals surface area contributed by atoms with Crippen LogP contribution < -0.4 is 11.1 Å². The Hall–Kier alpha value is -3.99. The minimum atomic E-state index is -1.17. The number of benzene rings is 2. The number of anilines is 1. The highest BCUT2D eigenvalue weighted by atomic mass is 16.5. The normalized spacial score (nSPS) is 15.2. The van der Waals surface area contributed by atoms with Gasteiger partial charge in [-0.3, -0.25) is 10.2 Å². The molecule has 0 radical (unpaired) electrons. The molecule has 0 bridgehead atoms. The van der Waals surface area contributed by atoms with Crippen LogP contribution in [0.4, 0.5) is 5.69 Å². The summed E-state index contributed by atoms with van der Waals surface area (Å²) in [5, 5.41) is 19.0. The topological polar surface area (TPSA) is 137 Å². The molecule has 1 unspecified atom stereocenters. The van der Waals surface area contributed by atoms with Gasteiger partial charge in [0.25, 0.3) is 11.9 Å². The molecule has 1 aliphatic heterocycles. The third kappa shape index (κ3) is 5.75. The van der Waals surface area contributed by atoms with Crippen molar-refractivity contribution in [1.82, 2.24) is 0 Å². The van der Waals surface area contributed by atoms with Crippen molar-refractivity contribution >= 4 is 29.2 Å². The molecule has 154 valence electrons. The molecule has 0 fully saturated rings. The number of carbonyl (C=O) groups is 1. The van der Waals surface area contributed by atoms with Gasteiger partial charge in [0.05, 0.1) is 17.5 Å². The SMILES string of the molecule is CC.N#CCCC(=N)O/C(N)=N/C1N=C(c2ccccc2)c2ccccc2NC1=O. The minimum Gasteiger partial charge on any atom is -0.412 e. The molecular formula is C22H24N6O2. The van der Waals surface area contributed by atoms with Crippen LogP contribution in [-0.2, 0) is 9.53 Å². The third-order valence-corrected chi connectivity index (χ3v) is 3.91. The van der Waals surface area contributed by atoms with E-state index in [-0.39, 0.29) is 24.8 Å². The Bertz CT molecular complexity index is 992. The summed E-state index contributed by atoms with van der Waals surface area (Å²) in [7, 11) is 0. The van der Waals surface area contributed by atoms with Gasteiger partial charge >= 0.3 is 0 Å². The summed E-state index contributed by atoms with van der Waals surface area (Å²) in [5.41, 5.74) is 8.54. The number of amides is 1. The van der Waals surface area contributed by atoms with E-state index >= 15 is 0 Å². The number of para-hydroxylation sites is 1. The van der Waals surface area contributed by atoms with Gasteiger partial charge in [-0.15, -0.1) is 0 Å². The maximum atomic E-state index is 12.6. The fraction of sp³-hybridized carbons (Fsp3) is 0.227. The van der Waals surface area contributed by atoms with Gasteiger partial charge in [-0.25, -0.2) is 4.99 Å². The van der Waals surface area contributed by atoms with E-state index in [1.165, 1.54) is 0 Å². The second-order valence-electron chi connectivity index (χ2n) is 5.90. The summed E-state index contributed by atoms with van der Waals surface area (Å²) >= 11 is 0. The number of amidine groups is 1. The standard InChI is InChI=1S/C20H18N6O2.C2H6/c21-12-6-11-16(22)28-20(23)26-18-19(27)24-15-10-5-4-9-14(15)17(25-18)13-7-2-1-3-8-13;1-2/h1-5,7-10,18,22H,6,11H2,(H2,23,26)(H,24,27);1-2H3. The fourth-order valence-electron chi connectivity index (χ4n) is 2.65. The first-order chi connectivity index (χ1) is 14.6. The van der Waals surface area contributed by atoms with Crippen LogP contribution in [0.15, 0.2) is 64.6 Å². The van der Waals surface area contributed by atoms with Crippen LogP contribution in [0.5, 0.6) is 0 Å². The number of nitriles is 1. The van der Waals surface area contributed by atoms with E-state index in [1.54, 1.807) is 6.07 Å². The van der Waals surface area contributed by atoms with E-state index in [1.807, 2.05) is 68.4 Å². The first kappa shape index (κ1) is 22.3. The molecule has 1 atom stereocenters. The Kier molecular flexibility index (Phi) is 8.27. The highest BCUT2D eigenvalue weighted by Crippen LogP contribution is 2.24. The Labute approximate surface area is 175 Å². The van der Waals surface area contributed by atoms with Crippen LogP contribution in [0.1, 0.15) is 37.8 Å². The number of rotatable bonds is 4. The highest BCUT2D eigenvalue weighted by molar-refractivity contribution is 6.19. The van der Waals surface area contributed by atoms with Crippen molar-refractivity contribution in [1.29, 1.82) is 10.7 Å². The number of hydrogen-bond donors (Lipinski definition) is 3. The smallest absolute Gasteiger partial charge is 0.291 e. The maximum Gasteiger partial charge on any atom is 0.291 e. The van der Waals surface area contributed by atoms with Gasteiger partial charge in [0.15, 0.2) is 5.90 Å². The van der Waals surface area contributed by atoms with Crippen molar-refractivity contribution in [2.75, 3.05) is 5.32 Å². The van der Waals surface area contributed by atoms with E-state index in [2.05, 4.69) is 15.3 Å². The zero-order valence-corrected chi connectivity index (χ0v) is 16.9. The first-order valence-electron chi connectivity index (χ1n) is 9.57. The highest BCUT2D eigenvalue weighted by Gasteiger charge is 2.25. The second-order valence-corrected chi connectivity index (χ2v) is 5.90. The van der Waals surface area contributed by atoms with Gasteiger partial charge in [0.1, 0.15) is 0 Å². The summed E-state index contributed by atoms with van der Waals surface area (Å²) in [6, 6.07) is 18.3.